The zero-order valence-electron chi connectivity index (χ0n) is 23.1. The molecule has 0 fully saturated rings. The first-order valence-corrected chi connectivity index (χ1v) is 14.1. The summed E-state index contributed by atoms with van der Waals surface area (Å²) in [4.78, 5) is 13.2. The molecular weight excluding hydrogens is 508 g/mol. The average Bonchev–Trinajstić information content (AvgIpc) is 2.94. The van der Waals surface area contributed by atoms with E-state index in [4.69, 9.17) is 5.26 Å². The van der Waals surface area contributed by atoms with Gasteiger partial charge >= 0.3 is 0 Å². The summed E-state index contributed by atoms with van der Waals surface area (Å²) in [6.07, 6.45) is 5.29. The van der Waals surface area contributed by atoms with E-state index in [2.05, 4.69) is 35.8 Å². The molecular formula is C33H39F2N3O2. The van der Waals surface area contributed by atoms with Crippen molar-refractivity contribution >= 4 is 5.91 Å². The highest BCUT2D eigenvalue weighted by molar-refractivity contribution is 5.94. The lowest BCUT2D eigenvalue weighted by Crippen LogP contribution is -2.48. The van der Waals surface area contributed by atoms with Gasteiger partial charge in [0, 0.05) is 31.1 Å². The maximum absolute atomic E-state index is 13.9. The van der Waals surface area contributed by atoms with Gasteiger partial charge in [-0.3, -0.25) is 4.79 Å². The summed E-state index contributed by atoms with van der Waals surface area (Å²) in [5.41, 5.74) is 4.16. The van der Waals surface area contributed by atoms with Crippen LogP contribution in [0.5, 0.6) is 0 Å². The Bertz CT molecular complexity index is 1250. The molecule has 0 aliphatic carbocycles. The molecule has 0 bridgehead atoms. The predicted octanol–water partition coefficient (Wildman–Crippen LogP) is 6.04. The minimum absolute atomic E-state index is 0.0664. The van der Waals surface area contributed by atoms with Crippen molar-refractivity contribution in [2.75, 3.05) is 6.54 Å². The molecule has 0 saturated heterocycles. The van der Waals surface area contributed by atoms with Crippen molar-refractivity contribution in [2.45, 2.75) is 77.0 Å². The normalized spacial score (nSPS) is 12.5. The third kappa shape index (κ3) is 10.5. The summed E-state index contributed by atoms with van der Waals surface area (Å²) >= 11 is 0. The summed E-state index contributed by atoms with van der Waals surface area (Å²) in [6.45, 7) is 2.82. The van der Waals surface area contributed by atoms with Gasteiger partial charge in [-0.25, -0.2) is 8.78 Å². The number of aliphatic hydroxyl groups excluding tert-OH is 1. The van der Waals surface area contributed by atoms with Crippen molar-refractivity contribution in [3.8, 4) is 6.07 Å². The minimum atomic E-state index is -0.999. The molecule has 3 aromatic carbocycles. The maximum Gasteiger partial charge on any atom is 0.251 e. The number of hydrogen-bond acceptors (Lipinski definition) is 4. The van der Waals surface area contributed by atoms with Crippen molar-refractivity contribution in [1.29, 1.82) is 5.26 Å². The van der Waals surface area contributed by atoms with Crippen molar-refractivity contribution in [3.05, 3.63) is 106 Å². The molecule has 40 heavy (non-hydrogen) atoms. The van der Waals surface area contributed by atoms with Crippen molar-refractivity contribution in [2.24, 2.45) is 0 Å². The molecule has 3 rings (SSSR count). The number of carbonyl (C=O) groups excluding carboxylic acids is 1. The molecule has 212 valence electrons. The van der Waals surface area contributed by atoms with Gasteiger partial charge in [-0.2, -0.15) is 5.26 Å². The number of amides is 1. The van der Waals surface area contributed by atoms with E-state index in [1.807, 2.05) is 30.3 Å². The van der Waals surface area contributed by atoms with Crippen LogP contribution in [0.2, 0.25) is 0 Å². The second-order valence-corrected chi connectivity index (χ2v) is 10.2. The van der Waals surface area contributed by atoms with E-state index in [1.165, 1.54) is 17.7 Å². The van der Waals surface area contributed by atoms with E-state index in [9.17, 15) is 18.7 Å². The van der Waals surface area contributed by atoms with Gasteiger partial charge in [0.1, 0.15) is 11.6 Å². The number of carbonyl (C=O) groups is 1. The molecule has 0 saturated carbocycles. The fourth-order valence-electron chi connectivity index (χ4n) is 4.74. The highest BCUT2D eigenvalue weighted by Gasteiger charge is 2.23. The highest BCUT2D eigenvalue weighted by atomic mass is 19.1. The Labute approximate surface area is 236 Å². The number of nitriles is 1. The van der Waals surface area contributed by atoms with Gasteiger partial charge < -0.3 is 15.7 Å². The van der Waals surface area contributed by atoms with Crippen LogP contribution in [-0.4, -0.2) is 29.7 Å². The van der Waals surface area contributed by atoms with E-state index in [0.29, 0.717) is 24.1 Å². The monoisotopic (exact) mass is 547 g/mol. The molecule has 1 amide bonds. The van der Waals surface area contributed by atoms with Crippen LogP contribution in [0.15, 0.2) is 66.7 Å². The Morgan fingerprint density at radius 2 is 1.60 bits per heavy atom. The van der Waals surface area contributed by atoms with Gasteiger partial charge in [0.25, 0.3) is 5.91 Å². The summed E-state index contributed by atoms with van der Waals surface area (Å²) in [7, 11) is 0. The Hall–Kier alpha value is -3.60. The zero-order valence-corrected chi connectivity index (χ0v) is 23.1. The molecule has 7 heteroatoms. The molecule has 0 aliphatic rings. The number of unbranched alkanes of at least 4 members (excludes halogenated alkanes) is 4. The fraction of sp³-hybridized carbons (Fsp3) is 0.394. The summed E-state index contributed by atoms with van der Waals surface area (Å²) in [5.74, 6) is -1.76. The third-order valence-corrected chi connectivity index (χ3v) is 6.93. The molecule has 0 spiro atoms. The Morgan fingerprint density at radius 1 is 0.900 bits per heavy atom. The van der Waals surface area contributed by atoms with Crippen LogP contribution in [0.3, 0.4) is 0 Å². The second-order valence-electron chi connectivity index (χ2n) is 10.2. The summed E-state index contributed by atoms with van der Waals surface area (Å²) in [6, 6.07) is 20.2. The predicted molar refractivity (Wildman–Crippen MR) is 154 cm³/mol. The zero-order chi connectivity index (χ0) is 28.7. The molecule has 0 aliphatic heterocycles. The number of halogens is 2. The van der Waals surface area contributed by atoms with E-state index in [1.54, 1.807) is 6.07 Å². The van der Waals surface area contributed by atoms with Gasteiger partial charge in [0.2, 0.25) is 0 Å². The Kier molecular flexibility index (Phi) is 12.8. The molecule has 5 nitrogen and oxygen atoms in total. The first kappa shape index (κ1) is 30.9. The van der Waals surface area contributed by atoms with Crippen LogP contribution in [0.25, 0.3) is 0 Å². The van der Waals surface area contributed by atoms with Gasteiger partial charge in [0.05, 0.1) is 18.2 Å². The number of aliphatic hydroxyl groups is 1. The molecule has 3 aromatic rings. The van der Waals surface area contributed by atoms with Gasteiger partial charge in [-0.1, -0.05) is 56.2 Å². The number of nitrogens with one attached hydrogen (secondary N) is 2. The Morgan fingerprint density at radius 3 is 2.35 bits per heavy atom. The highest BCUT2D eigenvalue weighted by Crippen LogP contribution is 2.15. The van der Waals surface area contributed by atoms with E-state index < -0.39 is 23.8 Å². The molecule has 3 N–H and O–H groups in total. The van der Waals surface area contributed by atoms with Crippen LogP contribution in [0, 0.1) is 23.0 Å². The van der Waals surface area contributed by atoms with Crippen molar-refractivity contribution in [1.82, 2.24) is 10.6 Å². The first-order valence-electron chi connectivity index (χ1n) is 14.1. The van der Waals surface area contributed by atoms with E-state index in [0.717, 1.165) is 55.7 Å². The smallest absolute Gasteiger partial charge is 0.251 e. The molecule has 0 radical (unpaired) electrons. The number of aryl methyl sites for hydroxylation is 2. The number of rotatable bonds is 16. The molecule has 0 aromatic heterocycles. The standard InChI is InChI=1S/C33H39F2N3O2/c1-2-24-11-8-13-26(16-24)22-37-23-32(39)31(20-27-18-29(34)21-30(35)19-27)38-33(40)28-14-9-12-25(17-28)10-6-4-3-5-7-15-36/h8-9,11-14,16-19,21,31-32,37,39H,2-7,10,20,22-23H2,1H3,(H,38,40)/t31-,32-/m0/s1. The summed E-state index contributed by atoms with van der Waals surface area (Å²) < 4.78 is 27.8. The Balaban J connectivity index is 1.65. The molecule has 0 heterocycles. The largest absolute Gasteiger partial charge is 0.390 e. The van der Waals surface area contributed by atoms with Gasteiger partial charge in [0.15, 0.2) is 0 Å². The van der Waals surface area contributed by atoms with Crippen LogP contribution < -0.4 is 10.6 Å². The number of benzene rings is 3. The first-order chi connectivity index (χ1) is 19.4. The molecule has 0 unspecified atom stereocenters. The average molecular weight is 548 g/mol. The van der Waals surface area contributed by atoms with E-state index >= 15 is 0 Å². The fourth-order valence-corrected chi connectivity index (χ4v) is 4.74. The van der Waals surface area contributed by atoms with Gasteiger partial charge in [-0.05, 0) is 78.6 Å². The van der Waals surface area contributed by atoms with E-state index in [-0.39, 0.29) is 18.9 Å². The van der Waals surface area contributed by atoms with Crippen LogP contribution in [0.1, 0.15) is 71.6 Å². The SMILES string of the molecule is CCc1cccc(CNC[C@H](O)[C@H](Cc2cc(F)cc(F)c2)NC(=O)c2cccc(CCCCCCC#N)c2)c1. The number of hydrogen-bond donors (Lipinski definition) is 3. The molecule has 2 atom stereocenters. The quantitative estimate of drug-likeness (QED) is 0.191. The second kappa shape index (κ2) is 16.5. The lowest BCUT2D eigenvalue weighted by atomic mass is 9.99. The topological polar surface area (TPSA) is 85.2 Å². The lowest BCUT2D eigenvalue weighted by Gasteiger charge is -2.25. The number of nitrogens with zero attached hydrogens (tertiary/aromatic N) is 1. The van der Waals surface area contributed by atoms with Crippen LogP contribution in [0.4, 0.5) is 8.78 Å². The van der Waals surface area contributed by atoms with Crippen LogP contribution in [-0.2, 0) is 25.8 Å². The van der Waals surface area contributed by atoms with Crippen LogP contribution >= 0.6 is 0 Å². The third-order valence-electron chi connectivity index (χ3n) is 6.93. The summed E-state index contributed by atoms with van der Waals surface area (Å²) in [5, 5.41) is 25.9. The van der Waals surface area contributed by atoms with Crippen molar-refractivity contribution < 1.29 is 18.7 Å². The lowest BCUT2D eigenvalue weighted by molar-refractivity contribution is 0.0829. The van der Waals surface area contributed by atoms with Crippen molar-refractivity contribution in [3.63, 3.8) is 0 Å². The minimum Gasteiger partial charge on any atom is -0.390 e. The van der Waals surface area contributed by atoms with Gasteiger partial charge in [-0.15, -0.1) is 0 Å². The maximum atomic E-state index is 13.9.